The number of anilines is 1. The lowest BCUT2D eigenvalue weighted by molar-refractivity contribution is -0.139. The number of nitrogens with two attached hydrogens (primary N) is 1. The maximum Gasteiger partial charge on any atom is 0.320 e. The van der Waals surface area contributed by atoms with E-state index in [4.69, 9.17) is 10.8 Å². The van der Waals surface area contributed by atoms with Gasteiger partial charge in [-0.1, -0.05) is 0 Å². The van der Waals surface area contributed by atoms with E-state index >= 15 is 0 Å². The summed E-state index contributed by atoms with van der Waals surface area (Å²) in [7, 11) is 0. The second-order valence-corrected chi connectivity index (χ2v) is 6.20. The Labute approximate surface area is 128 Å². The van der Waals surface area contributed by atoms with Gasteiger partial charge in [0, 0.05) is 25.8 Å². The fourth-order valence-corrected chi connectivity index (χ4v) is 3.51. The molecule has 2 aliphatic heterocycles. The number of aromatic nitrogens is 1. The lowest BCUT2D eigenvalue weighted by Crippen LogP contribution is -2.42. The summed E-state index contributed by atoms with van der Waals surface area (Å²) in [5.74, 6) is -0.623. The number of carboxylic acid groups (broad SMARTS) is 1. The first-order chi connectivity index (χ1) is 10.5. The highest BCUT2D eigenvalue weighted by atomic mass is 16.4. The molecule has 0 unspecified atom stereocenters. The molecule has 0 bridgehead atoms. The van der Waals surface area contributed by atoms with Gasteiger partial charge in [-0.05, 0) is 36.8 Å². The first kappa shape index (κ1) is 14.8. The molecule has 2 aliphatic rings. The van der Waals surface area contributed by atoms with Crippen molar-refractivity contribution in [3.8, 4) is 0 Å². The van der Waals surface area contributed by atoms with Crippen molar-refractivity contribution in [2.75, 3.05) is 24.5 Å². The van der Waals surface area contributed by atoms with Crippen LogP contribution in [0.15, 0.2) is 18.3 Å². The van der Waals surface area contributed by atoms with Gasteiger partial charge in [0.1, 0.15) is 11.9 Å². The Morgan fingerprint density at radius 3 is 2.73 bits per heavy atom. The Bertz CT molecular complexity index is 596. The number of nitrogens with one attached hydrogen (secondary N) is 1. The van der Waals surface area contributed by atoms with Gasteiger partial charge in [0.2, 0.25) is 0 Å². The maximum atomic E-state index is 11.5. The fraction of sp³-hybridized carbons (Fsp3) is 0.533. The van der Waals surface area contributed by atoms with Gasteiger partial charge in [-0.25, -0.2) is 4.98 Å². The van der Waals surface area contributed by atoms with Crippen LogP contribution in [0.4, 0.5) is 5.82 Å². The van der Waals surface area contributed by atoms with Crippen molar-refractivity contribution in [3.05, 3.63) is 23.9 Å². The van der Waals surface area contributed by atoms with E-state index in [2.05, 4.69) is 15.2 Å². The Morgan fingerprint density at radius 1 is 1.41 bits per heavy atom. The van der Waals surface area contributed by atoms with Crippen molar-refractivity contribution >= 4 is 17.7 Å². The Kier molecular flexibility index (Phi) is 3.74. The van der Waals surface area contributed by atoms with Crippen molar-refractivity contribution in [1.29, 1.82) is 0 Å². The number of carbonyl (C=O) groups is 2. The van der Waals surface area contributed by atoms with Gasteiger partial charge in [0.25, 0.3) is 5.91 Å². The second kappa shape index (κ2) is 5.57. The third kappa shape index (κ3) is 2.64. The average Bonchev–Trinajstić information content (AvgIpc) is 2.92. The van der Waals surface area contributed by atoms with E-state index in [9.17, 15) is 9.59 Å². The predicted molar refractivity (Wildman–Crippen MR) is 80.7 cm³/mol. The Morgan fingerprint density at radius 2 is 2.14 bits per heavy atom. The summed E-state index contributed by atoms with van der Waals surface area (Å²) in [6.07, 6.45) is 4.10. The number of hydrogen-bond donors (Lipinski definition) is 3. The van der Waals surface area contributed by atoms with Crippen LogP contribution in [0.1, 0.15) is 29.6 Å². The normalized spacial score (nSPS) is 23.6. The summed E-state index contributed by atoms with van der Waals surface area (Å²) in [4.78, 5) is 29.0. The summed E-state index contributed by atoms with van der Waals surface area (Å²) in [5.41, 5.74) is 5.89. The van der Waals surface area contributed by atoms with E-state index in [1.807, 2.05) is 0 Å². The second-order valence-electron chi connectivity index (χ2n) is 6.20. The molecule has 3 heterocycles. The first-order valence-electron chi connectivity index (χ1n) is 7.47. The van der Waals surface area contributed by atoms with Crippen LogP contribution < -0.4 is 16.0 Å². The van der Waals surface area contributed by atoms with Crippen LogP contribution in [0.25, 0.3) is 0 Å². The van der Waals surface area contributed by atoms with Gasteiger partial charge in [0.05, 0.1) is 5.56 Å². The monoisotopic (exact) mass is 304 g/mol. The molecule has 1 aromatic rings. The van der Waals surface area contributed by atoms with Crippen molar-refractivity contribution in [1.82, 2.24) is 10.3 Å². The van der Waals surface area contributed by atoms with E-state index in [0.29, 0.717) is 17.8 Å². The maximum absolute atomic E-state index is 11.5. The summed E-state index contributed by atoms with van der Waals surface area (Å²) in [6, 6.07) is 2.95. The number of pyridine rings is 1. The zero-order valence-corrected chi connectivity index (χ0v) is 12.3. The molecule has 118 valence electrons. The van der Waals surface area contributed by atoms with Crippen molar-refractivity contribution in [2.45, 2.75) is 25.3 Å². The Balaban J connectivity index is 1.70. The van der Waals surface area contributed by atoms with Crippen LogP contribution in [-0.4, -0.2) is 47.6 Å². The molecule has 0 aromatic carbocycles. The summed E-state index contributed by atoms with van der Waals surface area (Å²) in [5, 5.41) is 12.2. The quantitative estimate of drug-likeness (QED) is 0.737. The van der Waals surface area contributed by atoms with Gasteiger partial charge >= 0.3 is 5.97 Å². The average molecular weight is 304 g/mol. The number of hydrogen-bond acceptors (Lipinski definition) is 5. The number of carboxylic acids is 1. The van der Waals surface area contributed by atoms with Crippen LogP contribution in [0.5, 0.6) is 0 Å². The van der Waals surface area contributed by atoms with Crippen molar-refractivity contribution < 1.29 is 14.7 Å². The molecule has 1 aromatic heterocycles. The molecule has 22 heavy (non-hydrogen) atoms. The smallest absolute Gasteiger partial charge is 0.320 e. The largest absolute Gasteiger partial charge is 0.480 e. The summed E-state index contributed by atoms with van der Waals surface area (Å²) < 4.78 is 0. The molecule has 7 nitrogen and oxygen atoms in total. The molecule has 3 rings (SSSR count). The van der Waals surface area contributed by atoms with Crippen LogP contribution >= 0.6 is 0 Å². The predicted octanol–water partition coefficient (Wildman–Crippen LogP) is 0.214. The zero-order chi connectivity index (χ0) is 15.7. The molecule has 1 atom stereocenters. The standard InChI is InChI=1S/C15H20N4O3/c16-12(20)10-2-1-5-17-13(10)19-6-3-15(4-7-19)8-11(14(21)22)18-9-15/h1-2,5,11,18H,3-4,6-9H2,(H2,16,20)(H,21,22)/t11-/m0/s1. The minimum Gasteiger partial charge on any atom is -0.480 e. The minimum absolute atomic E-state index is 0.0429. The van der Waals surface area contributed by atoms with E-state index in [0.717, 1.165) is 32.5 Å². The molecule has 0 saturated carbocycles. The number of carbonyl (C=O) groups excluding carboxylic acids is 1. The van der Waals surface area contributed by atoms with E-state index < -0.39 is 17.9 Å². The highest BCUT2D eigenvalue weighted by molar-refractivity contribution is 5.97. The van der Waals surface area contributed by atoms with Gasteiger partial charge < -0.3 is 21.1 Å². The minimum atomic E-state index is -0.778. The van der Waals surface area contributed by atoms with Gasteiger partial charge in [-0.3, -0.25) is 9.59 Å². The fourth-order valence-electron chi connectivity index (χ4n) is 3.51. The molecular formula is C15H20N4O3. The lowest BCUT2D eigenvalue weighted by Gasteiger charge is -2.39. The molecule has 2 saturated heterocycles. The van der Waals surface area contributed by atoms with Crippen LogP contribution in [0, 0.1) is 5.41 Å². The number of nitrogens with zero attached hydrogens (tertiary/aromatic N) is 2. The third-order valence-electron chi connectivity index (χ3n) is 4.83. The molecule has 1 spiro atoms. The number of aliphatic carboxylic acids is 1. The molecule has 2 fully saturated rings. The highest BCUT2D eigenvalue weighted by Crippen LogP contribution is 2.40. The van der Waals surface area contributed by atoms with Crippen molar-refractivity contribution in [2.24, 2.45) is 11.1 Å². The van der Waals surface area contributed by atoms with Crippen LogP contribution in [-0.2, 0) is 4.79 Å². The topological polar surface area (TPSA) is 109 Å². The molecule has 1 amide bonds. The lowest BCUT2D eigenvalue weighted by atomic mass is 9.76. The first-order valence-corrected chi connectivity index (χ1v) is 7.47. The zero-order valence-electron chi connectivity index (χ0n) is 12.3. The highest BCUT2D eigenvalue weighted by Gasteiger charge is 2.43. The number of amides is 1. The Hall–Kier alpha value is -2.15. The number of primary amides is 1. The van der Waals surface area contributed by atoms with E-state index in [1.165, 1.54) is 0 Å². The summed E-state index contributed by atoms with van der Waals surface area (Å²) >= 11 is 0. The van der Waals surface area contributed by atoms with E-state index in [-0.39, 0.29) is 5.41 Å². The van der Waals surface area contributed by atoms with Crippen LogP contribution in [0.3, 0.4) is 0 Å². The molecule has 4 N–H and O–H groups in total. The van der Waals surface area contributed by atoms with Crippen LogP contribution in [0.2, 0.25) is 0 Å². The summed E-state index contributed by atoms with van der Waals surface area (Å²) in [6.45, 7) is 2.25. The molecule has 7 heteroatoms. The molecular weight excluding hydrogens is 284 g/mol. The third-order valence-corrected chi connectivity index (χ3v) is 4.83. The molecule has 0 radical (unpaired) electrons. The molecule has 0 aliphatic carbocycles. The van der Waals surface area contributed by atoms with E-state index in [1.54, 1.807) is 18.3 Å². The SMILES string of the molecule is NC(=O)c1cccnc1N1CCC2(CC1)CN[C@H](C(=O)O)C2. The number of piperidine rings is 1. The van der Waals surface area contributed by atoms with Gasteiger partial charge in [0.15, 0.2) is 0 Å². The van der Waals surface area contributed by atoms with Gasteiger partial charge in [-0.15, -0.1) is 0 Å². The van der Waals surface area contributed by atoms with Gasteiger partial charge in [-0.2, -0.15) is 0 Å². The number of rotatable bonds is 3. The van der Waals surface area contributed by atoms with Crippen molar-refractivity contribution in [3.63, 3.8) is 0 Å².